The van der Waals surface area contributed by atoms with Crippen molar-refractivity contribution in [2.24, 2.45) is 0 Å². The minimum atomic E-state index is -1.43. The first-order chi connectivity index (χ1) is 22.5. The molecule has 4 aromatic rings. The van der Waals surface area contributed by atoms with Crippen molar-refractivity contribution in [2.75, 3.05) is 17.2 Å². The number of carboxylic acid groups (broad SMARTS) is 2. The van der Waals surface area contributed by atoms with Gasteiger partial charge in [0.15, 0.2) is 0 Å². The van der Waals surface area contributed by atoms with Gasteiger partial charge >= 0.3 is 17.9 Å². The van der Waals surface area contributed by atoms with Crippen LogP contribution in [0.2, 0.25) is 0 Å². The SMILES string of the molecule is CCOC(=O)c1c(NC(=O)C(C)Sc2cccc(NC(=O)c3ccc(C(=O)O)cc3C(=O)O)c2)sc2c1CCC(c1ccccc1)C2. The number of carboxylic acids is 2. The maximum atomic E-state index is 13.4. The first kappa shape index (κ1) is 33.4. The zero-order valence-corrected chi connectivity index (χ0v) is 27.2. The van der Waals surface area contributed by atoms with Crippen LogP contribution in [0.1, 0.15) is 83.6 Å². The van der Waals surface area contributed by atoms with E-state index in [1.54, 1.807) is 38.1 Å². The van der Waals surface area contributed by atoms with Gasteiger partial charge in [0.1, 0.15) is 5.00 Å². The second kappa shape index (κ2) is 14.7. The number of thiophene rings is 1. The van der Waals surface area contributed by atoms with Gasteiger partial charge in [-0.15, -0.1) is 23.1 Å². The normalized spacial score (nSPS) is 14.4. The Morgan fingerprint density at radius 2 is 1.70 bits per heavy atom. The quantitative estimate of drug-likeness (QED) is 0.0975. The van der Waals surface area contributed by atoms with Gasteiger partial charge in [0.2, 0.25) is 5.91 Å². The zero-order chi connectivity index (χ0) is 33.7. The van der Waals surface area contributed by atoms with E-state index >= 15 is 0 Å². The van der Waals surface area contributed by atoms with Gasteiger partial charge in [-0.2, -0.15) is 0 Å². The molecule has 0 spiro atoms. The summed E-state index contributed by atoms with van der Waals surface area (Å²) >= 11 is 2.66. The maximum Gasteiger partial charge on any atom is 0.341 e. The van der Waals surface area contributed by atoms with Gasteiger partial charge in [0.25, 0.3) is 5.91 Å². The number of anilines is 2. The number of hydrogen-bond donors (Lipinski definition) is 4. The maximum absolute atomic E-state index is 13.4. The predicted molar refractivity (Wildman–Crippen MR) is 180 cm³/mol. The van der Waals surface area contributed by atoms with E-state index in [9.17, 15) is 34.2 Å². The number of ether oxygens (including phenoxy) is 1. The molecule has 1 aliphatic rings. The molecule has 47 heavy (non-hydrogen) atoms. The number of aromatic carboxylic acids is 2. The Bertz CT molecular complexity index is 1850. The summed E-state index contributed by atoms with van der Waals surface area (Å²) in [6.45, 7) is 3.70. The number of carbonyl (C=O) groups is 5. The van der Waals surface area contributed by atoms with E-state index in [1.807, 2.05) is 18.2 Å². The summed E-state index contributed by atoms with van der Waals surface area (Å²) in [7, 11) is 0. The Hall–Kier alpha value is -4.94. The first-order valence-electron chi connectivity index (χ1n) is 14.9. The molecule has 10 nitrogen and oxygen atoms in total. The molecule has 0 bridgehead atoms. The fourth-order valence-corrected chi connectivity index (χ4v) is 7.72. The Labute approximate surface area is 279 Å². The summed E-state index contributed by atoms with van der Waals surface area (Å²) in [5, 5.41) is 24.2. The number of hydrogen-bond acceptors (Lipinski definition) is 8. The second-order valence-electron chi connectivity index (χ2n) is 10.9. The summed E-state index contributed by atoms with van der Waals surface area (Å²) < 4.78 is 5.37. The fraction of sp³-hybridized carbons (Fsp3) is 0.229. The molecule has 5 rings (SSSR count). The molecule has 1 aliphatic carbocycles. The summed E-state index contributed by atoms with van der Waals surface area (Å²) in [6, 6.07) is 20.2. The van der Waals surface area contributed by atoms with Crippen LogP contribution in [0.4, 0.5) is 10.7 Å². The van der Waals surface area contributed by atoms with Gasteiger partial charge in [0.05, 0.1) is 34.1 Å². The summed E-state index contributed by atoms with van der Waals surface area (Å²) in [5.41, 5.74) is 2.07. The minimum Gasteiger partial charge on any atom is -0.478 e. The molecule has 242 valence electrons. The van der Waals surface area contributed by atoms with Crippen LogP contribution in [0.3, 0.4) is 0 Å². The Balaban J connectivity index is 1.29. The van der Waals surface area contributed by atoms with E-state index < -0.39 is 34.6 Å². The molecule has 0 saturated carbocycles. The van der Waals surface area contributed by atoms with Gasteiger partial charge in [-0.1, -0.05) is 36.4 Å². The number of esters is 1. The highest BCUT2D eigenvalue weighted by Crippen LogP contribution is 2.43. The van der Waals surface area contributed by atoms with E-state index in [4.69, 9.17) is 4.74 Å². The lowest BCUT2D eigenvalue weighted by molar-refractivity contribution is -0.115. The van der Waals surface area contributed by atoms with Crippen LogP contribution in [0.5, 0.6) is 0 Å². The average Bonchev–Trinajstić information content (AvgIpc) is 3.42. The van der Waals surface area contributed by atoms with Crippen molar-refractivity contribution < 1.29 is 38.9 Å². The molecule has 0 aliphatic heterocycles. The average molecular weight is 673 g/mol. The Morgan fingerprint density at radius 3 is 2.40 bits per heavy atom. The van der Waals surface area contributed by atoms with E-state index in [-0.39, 0.29) is 23.6 Å². The smallest absolute Gasteiger partial charge is 0.341 e. The lowest BCUT2D eigenvalue weighted by atomic mass is 9.83. The van der Waals surface area contributed by atoms with Crippen molar-refractivity contribution >= 4 is 63.5 Å². The number of fused-ring (bicyclic) bond motifs is 1. The van der Waals surface area contributed by atoms with E-state index in [1.165, 1.54) is 28.7 Å². The largest absolute Gasteiger partial charge is 0.478 e. The molecular formula is C35H32N2O8S2. The van der Waals surface area contributed by atoms with Crippen molar-refractivity contribution in [2.45, 2.75) is 49.2 Å². The van der Waals surface area contributed by atoms with Gasteiger partial charge in [-0.25, -0.2) is 14.4 Å². The van der Waals surface area contributed by atoms with E-state index in [2.05, 4.69) is 22.8 Å². The third-order valence-corrected chi connectivity index (χ3v) is 10.0. The highest BCUT2D eigenvalue weighted by atomic mass is 32.2. The zero-order valence-electron chi connectivity index (χ0n) is 25.6. The molecule has 1 aromatic heterocycles. The first-order valence-corrected chi connectivity index (χ1v) is 16.6. The van der Waals surface area contributed by atoms with Crippen molar-refractivity contribution in [3.8, 4) is 0 Å². The van der Waals surface area contributed by atoms with Gasteiger partial charge in [-0.3, -0.25) is 9.59 Å². The van der Waals surface area contributed by atoms with Crippen LogP contribution in [-0.2, 0) is 22.4 Å². The number of amides is 2. The molecule has 0 saturated heterocycles. The topological polar surface area (TPSA) is 159 Å². The van der Waals surface area contributed by atoms with Crippen LogP contribution < -0.4 is 10.6 Å². The predicted octanol–water partition coefficient (Wildman–Crippen LogP) is 6.97. The van der Waals surface area contributed by atoms with Crippen molar-refractivity contribution in [1.82, 2.24) is 0 Å². The number of benzene rings is 3. The number of rotatable bonds is 11. The van der Waals surface area contributed by atoms with Crippen molar-refractivity contribution in [3.05, 3.63) is 111 Å². The molecule has 0 radical (unpaired) electrons. The number of nitrogens with one attached hydrogen (secondary N) is 2. The molecule has 1 heterocycles. The summed E-state index contributed by atoms with van der Waals surface area (Å²) in [6.07, 6.45) is 2.36. The van der Waals surface area contributed by atoms with E-state index in [0.29, 0.717) is 33.5 Å². The molecule has 3 aromatic carbocycles. The number of carbonyl (C=O) groups excluding carboxylic acids is 3. The lowest BCUT2D eigenvalue weighted by Gasteiger charge is -2.23. The van der Waals surface area contributed by atoms with E-state index in [0.717, 1.165) is 41.5 Å². The molecule has 12 heteroatoms. The van der Waals surface area contributed by atoms with Crippen LogP contribution in [0.25, 0.3) is 0 Å². The van der Waals surface area contributed by atoms with Crippen molar-refractivity contribution in [1.29, 1.82) is 0 Å². The van der Waals surface area contributed by atoms with Crippen LogP contribution in [-0.4, -0.2) is 51.8 Å². The molecule has 2 unspecified atom stereocenters. The standard InChI is InChI=1S/C35H32N2O8S2/c1-3-45-35(44)29-26-15-12-21(20-8-5-4-6-9-20)17-28(26)47-32(29)37-30(38)19(2)46-24-11-7-10-23(18-24)36-31(39)25-14-13-22(33(40)41)16-27(25)34(42)43/h4-11,13-14,16,18-19,21H,3,12,15,17H2,1-2H3,(H,36,39)(H,37,38)(H,40,41)(H,42,43). The molecular weight excluding hydrogens is 641 g/mol. The Morgan fingerprint density at radius 1 is 0.936 bits per heavy atom. The lowest BCUT2D eigenvalue weighted by Crippen LogP contribution is -2.23. The minimum absolute atomic E-state index is 0.195. The van der Waals surface area contributed by atoms with Crippen LogP contribution >= 0.6 is 23.1 Å². The second-order valence-corrected chi connectivity index (χ2v) is 13.4. The molecule has 0 fully saturated rings. The van der Waals surface area contributed by atoms with Crippen LogP contribution in [0, 0.1) is 0 Å². The van der Waals surface area contributed by atoms with Crippen LogP contribution in [0.15, 0.2) is 77.7 Å². The molecule has 4 N–H and O–H groups in total. The van der Waals surface area contributed by atoms with Crippen molar-refractivity contribution in [3.63, 3.8) is 0 Å². The monoisotopic (exact) mass is 672 g/mol. The molecule has 2 amide bonds. The Kier molecular flexibility index (Phi) is 10.4. The third-order valence-electron chi connectivity index (χ3n) is 7.77. The van der Waals surface area contributed by atoms with Gasteiger partial charge in [0, 0.05) is 15.5 Å². The third kappa shape index (κ3) is 7.72. The fourth-order valence-electron chi connectivity index (χ4n) is 5.47. The van der Waals surface area contributed by atoms with Gasteiger partial charge < -0.3 is 25.6 Å². The highest BCUT2D eigenvalue weighted by molar-refractivity contribution is 8.00. The molecule has 2 atom stereocenters. The van der Waals surface area contributed by atoms with Gasteiger partial charge in [-0.05, 0) is 86.6 Å². The summed E-state index contributed by atoms with van der Waals surface area (Å²) in [5.74, 6) is -3.91. The number of thioether (sulfide) groups is 1. The summed E-state index contributed by atoms with van der Waals surface area (Å²) in [4.78, 5) is 64.1. The highest BCUT2D eigenvalue weighted by Gasteiger charge is 2.31.